The predicted octanol–water partition coefficient (Wildman–Crippen LogP) is 2.38. The van der Waals surface area contributed by atoms with E-state index in [0.717, 1.165) is 25.3 Å². The maximum Gasteiger partial charge on any atom is 0.246 e. The third-order valence-electron chi connectivity index (χ3n) is 3.95. The van der Waals surface area contributed by atoms with E-state index < -0.39 is 0 Å². The Bertz CT molecular complexity index is 313. The van der Waals surface area contributed by atoms with Crippen LogP contribution in [0.3, 0.4) is 0 Å². The van der Waals surface area contributed by atoms with Crippen LogP contribution in [0.15, 0.2) is 12.2 Å². The molecule has 2 rings (SSSR count). The molecule has 0 radical (unpaired) electrons. The summed E-state index contributed by atoms with van der Waals surface area (Å²) < 4.78 is 0. The van der Waals surface area contributed by atoms with Gasteiger partial charge in [0.2, 0.25) is 5.91 Å². The lowest BCUT2D eigenvalue weighted by Gasteiger charge is -2.35. The number of likely N-dealkylation sites (tertiary alicyclic amines) is 1. The van der Waals surface area contributed by atoms with Crippen molar-refractivity contribution in [3.05, 3.63) is 12.2 Å². The van der Waals surface area contributed by atoms with Crippen molar-refractivity contribution in [2.75, 3.05) is 37.7 Å². The largest absolute Gasteiger partial charge is 0.334 e. The van der Waals surface area contributed by atoms with Crippen molar-refractivity contribution in [3.63, 3.8) is 0 Å². The van der Waals surface area contributed by atoms with E-state index in [9.17, 15) is 4.79 Å². The van der Waals surface area contributed by atoms with Gasteiger partial charge in [0.05, 0.1) is 6.04 Å². The second kappa shape index (κ2) is 7.95. The highest BCUT2D eigenvalue weighted by molar-refractivity contribution is 7.99. The summed E-state index contributed by atoms with van der Waals surface area (Å²) in [6.45, 7) is 6.34. The standard InChI is InChI=1S/C15H26N2OS/c1-2-7-15(18)17-10-6-11-19-13-14(17)12-16-8-4-3-5-9-16/h2,7,14H,3-6,8-13H2,1H3/b7-2+. The van der Waals surface area contributed by atoms with Crippen LogP contribution in [0, 0.1) is 0 Å². The molecule has 108 valence electrons. The molecule has 19 heavy (non-hydrogen) atoms. The minimum atomic E-state index is 0.201. The minimum Gasteiger partial charge on any atom is -0.334 e. The lowest BCUT2D eigenvalue weighted by molar-refractivity contribution is -0.128. The molecule has 0 aliphatic carbocycles. The van der Waals surface area contributed by atoms with Crippen LogP contribution in [-0.4, -0.2) is 59.4 Å². The Kier molecular flexibility index (Phi) is 6.24. The molecule has 0 aromatic carbocycles. The van der Waals surface area contributed by atoms with Gasteiger partial charge in [-0.05, 0) is 51.1 Å². The summed E-state index contributed by atoms with van der Waals surface area (Å²) in [5.74, 6) is 2.49. The molecule has 0 saturated carbocycles. The van der Waals surface area contributed by atoms with E-state index in [1.54, 1.807) is 6.08 Å². The Balaban J connectivity index is 1.97. The van der Waals surface area contributed by atoms with E-state index in [1.807, 2.05) is 24.8 Å². The van der Waals surface area contributed by atoms with Crippen LogP contribution >= 0.6 is 11.8 Å². The molecule has 1 atom stereocenters. The number of rotatable bonds is 3. The van der Waals surface area contributed by atoms with Gasteiger partial charge in [-0.25, -0.2) is 0 Å². The lowest BCUT2D eigenvalue weighted by atomic mass is 10.1. The van der Waals surface area contributed by atoms with Crippen molar-refractivity contribution < 1.29 is 4.79 Å². The first kappa shape index (κ1) is 14.9. The number of piperidine rings is 1. The third-order valence-corrected chi connectivity index (χ3v) is 5.15. The summed E-state index contributed by atoms with van der Waals surface area (Å²) >= 11 is 2.01. The summed E-state index contributed by atoms with van der Waals surface area (Å²) in [6.07, 6.45) is 8.73. The van der Waals surface area contributed by atoms with Crippen LogP contribution < -0.4 is 0 Å². The summed E-state index contributed by atoms with van der Waals surface area (Å²) in [4.78, 5) is 16.9. The average molecular weight is 282 g/mol. The summed E-state index contributed by atoms with van der Waals surface area (Å²) in [6, 6.07) is 0.397. The molecule has 0 bridgehead atoms. The molecule has 1 amide bonds. The van der Waals surface area contributed by atoms with Gasteiger partial charge in [-0.15, -0.1) is 0 Å². The van der Waals surface area contributed by atoms with Crippen LogP contribution in [0.5, 0.6) is 0 Å². The van der Waals surface area contributed by atoms with Gasteiger partial charge < -0.3 is 9.80 Å². The highest BCUT2D eigenvalue weighted by Gasteiger charge is 2.26. The third kappa shape index (κ3) is 4.53. The van der Waals surface area contributed by atoms with Gasteiger partial charge in [-0.2, -0.15) is 11.8 Å². The summed E-state index contributed by atoms with van der Waals surface area (Å²) in [5.41, 5.74) is 0. The molecule has 2 saturated heterocycles. The zero-order valence-electron chi connectivity index (χ0n) is 12.0. The second-order valence-corrected chi connectivity index (χ2v) is 6.63. The Morgan fingerprint density at radius 1 is 1.21 bits per heavy atom. The molecule has 2 fully saturated rings. The van der Waals surface area contributed by atoms with Crippen molar-refractivity contribution in [2.45, 2.75) is 38.6 Å². The van der Waals surface area contributed by atoms with E-state index in [0.29, 0.717) is 6.04 Å². The van der Waals surface area contributed by atoms with Gasteiger partial charge >= 0.3 is 0 Å². The molecule has 0 spiro atoms. The Morgan fingerprint density at radius 3 is 2.74 bits per heavy atom. The smallest absolute Gasteiger partial charge is 0.246 e. The van der Waals surface area contributed by atoms with Gasteiger partial charge in [0.25, 0.3) is 0 Å². The number of amides is 1. The molecule has 2 aliphatic rings. The van der Waals surface area contributed by atoms with E-state index >= 15 is 0 Å². The second-order valence-electron chi connectivity index (χ2n) is 5.48. The normalized spacial score (nSPS) is 26.6. The van der Waals surface area contributed by atoms with E-state index in [-0.39, 0.29) is 5.91 Å². The fourth-order valence-corrected chi connectivity index (χ4v) is 4.01. The number of allylic oxidation sites excluding steroid dienone is 1. The maximum atomic E-state index is 12.2. The molecule has 1 unspecified atom stereocenters. The lowest BCUT2D eigenvalue weighted by Crippen LogP contribution is -2.48. The number of carbonyl (C=O) groups is 1. The maximum absolute atomic E-state index is 12.2. The Hall–Kier alpha value is -0.480. The van der Waals surface area contributed by atoms with Crippen molar-refractivity contribution in [1.29, 1.82) is 0 Å². The minimum absolute atomic E-state index is 0.201. The molecule has 4 heteroatoms. The number of nitrogens with zero attached hydrogens (tertiary/aromatic N) is 2. The monoisotopic (exact) mass is 282 g/mol. The first-order valence-electron chi connectivity index (χ1n) is 7.54. The fraction of sp³-hybridized carbons (Fsp3) is 0.800. The molecule has 0 aromatic rings. The molecule has 2 aliphatic heterocycles. The van der Waals surface area contributed by atoms with Gasteiger partial charge in [-0.3, -0.25) is 4.79 Å². The number of carbonyl (C=O) groups excluding carboxylic acids is 1. The molecule has 3 nitrogen and oxygen atoms in total. The molecular weight excluding hydrogens is 256 g/mol. The predicted molar refractivity (Wildman–Crippen MR) is 82.5 cm³/mol. The summed E-state index contributed by atoms with van der Waals surface area (Å²) in [5, 5.41) is 0. The molecule has 0 aromatic heterocycles. The first-order valence-corrected chi connectivity index (χ1v) is 8.70. The van der Waals surface area contributed by atoms with Crippen LogP contribution in [-0.2, 0) is 4.79 Å². The van der Waals surface area contributed by atoms with Crippen molar-refractivity contribution in [3.8, 4) is 0 Å². The van der Waals surface area contributed by atoms with Crippen LogP contribution in [0.1, 0.15) is 32.6 Å². The van der Waals surface area contributed by atoms with Crippen LogP contribution in [0.2, 0.25) is 0 Å². The van der Waals surface area contributed by atoms with Gasteiger partial charge in [0.1, 0.15) is 0 Å². The molecular formula is C15H26N2OS. The zero-order chi connectivity index (χ0) is 13.5. The van der Waals surface area contributed by atoms with Crippen LogP contribution in [0.4, 0.5) is 0 Å². The Labute approximate surface area is 121 Å². The molecule has 0 N–H and O–H groups in total. The van der Waals surface area contributed by atoms with E-state index in [1.165, 1.54) is 38.1 Å². The average Bonchev–Trinajstić information content (AvgIpc) is 2.66. The van der Waals surface area contributed by atoms with E-state index in [2.05, 4.69) is 9.80 Å². The number of hydrogen-bond donors (Lipinski definition) is 0. The SMILES string of the molecule is C/C=C/C(=O)N1CCCSCC1CN1CCCCC1. The quantitative estimate of drug-likeness (QED) is 0.743. The molecule has 2 heterocycles. The highest BCUT2D eigenvalue weighted by Crippen LogP contribution is 2.19. The topological polar surface area (TPSA) is 23.6 Å². The highest BCUT2D eigenvalue weighted by atomic mass is 32.2. The van der Waals surface area contributed by atoms with Crippen molar-refractivity contribution >= 4 is 17.7 Å². The van der Waals surface area contributed by atoms with E-state index in [4.69, 9.17) is 0 Å². The summed E-state index contributed by atoms with van der Waals surface area (Å²) in [7, 11) is 0. The van der Waals surface area contributed by atoms with Gasteiger partial charge in [0, 0.05) is 18.8 Å². The Morgan fingerprint density at radius 2 is 2.00 bits per heavy atom. The number of hydrogen-bond acceptors (Lipinski definition) is 3. The van der Waals surface area contributed by atoms with Crippen molar-refractivity contribution in [1.82, 2.24) is 9.80 Å². The first-order chi connectivity index (χ1) is 9.31. The van der Waals surface area contributed by atoms with Crippen molar-refractivity contribution in [2.24, 2.45) is 0 Å². The van der Waals surface area contributed by atoms with Gasteiger partial charge in [0.15, 0.2) is 0 Å². The number of thioether (sulfide) groups is 1. The fourth-order valence-electron chi connectivity index (χ4n) is 2.95. The van der Waals surface area contributed by atoms with Crippen LogP contribution in [0.25, 0.3) is 0 Å². The zero-order valence-corrected chi connectivity index (χ0v) is 12.8. The van der Waals surface area contributed by atoms with Gasteiger partial charge in [-0.1, -0.05) is 12.5 Å².